The highest BCUT2D eigenvalue weighted by Gasteiger charge is 2.09. The lowest BCUT2D eigenvalue weighted by Crippen LogP contribution is -2.19. The first-order valence-electron chi connectivity index (χ1n) is 4.11. The fraction of sp³-hybridized carbons (Fsp3) is 0.0909. The molecule has 0 atom stereocenters. The van der Waals surface area contributed by atoms with E-state index in [-0.39, 0.29) is 6.61 Å². The number of para-hydroxylation sites is 1. The van der Waals surface area contributed by atoms with Crippen LogP contribution in [0.5, 0.6) is 5.75 Å². The van der Waals surface area contributed by atoms with E-state index >= 15 is 0 Å². The molecule has 0 aliphatic rings. The van der Waals surface area contributed by atoms with Gasteiger partial charge >= 0.3 is 0 Å². The Morgan fingerprint density at radius 3 is 2.50 bits per heavy atom. The van der Waals surface area contributed by atoms with Crippen LogP contribution in [0.25, 0.3) is 0 Å². The third kappa shape index (κ3) is 2.86. The Hall–Kier alpha value is -1.90. The van der Waals surface area contributed by atoms with Crippen LogP contribution >= 0.6 is 0 Å². The van der Waals surface area contributed by atoms with Gasteiger partial charge in [0.25, 0.3) is 0 Å². The van der Waals surface area contributed by atoms with Crippen molar-refractivity contribution in [2.24, 2.45) is 0 Å². The Bertz CT molecular complexity index is 341. The van der Waals surface area contributed by atoms with E-state index in [9.17, 15) is 9.59 Å². The maximum Gasteiger partial charge on any atom is 0.239 e. The van der Waals surface area contributed by atoms with Crippen molar-refractivity contribution < 1.29 is 14.3 Å². The summed E-state index contributed by atoms with van der Waals surface area (Å²) in [4.78, 5) is 21.8. The second-order valence-corrected chi connectivity index (χ2v) is 2.59. The molecule has 0 aliphatic carbocycles. The van der Waals surface area contributed by atoms with E-state index in [2.05, 4.69) is 6.58 Å². The van der Waals surface area contributed by atoms with Gasteiger partial charge in [0.1, 0.15) is 5.75 Å². The van der Waals surface area contributed by atoms with Gasteiger partial charge in [-0.1, -0.05) is 24.8 Å². The highest BCUT2D eigenvalue weighted by molar-refractivity contribution is 6.42. The Morgan fingerprint density at radius 2 is 1.93 bits per heavy atom. The van der Waals surface area contributed by atoms with Gasteiger partial charge in [-0.15, -0.1) is 0 Å². The van der Waals surface area contributed by atoms with Crippen molar-refractivity contribution in [2.45, 2.75) is 0 Å². The van der Waals surface area contributed by atoms with Gasteiger partial charge in [-0.05, 0) is 18.2 Å². The number of Topliss-reactive ketones (excluding diaryl/α,β-unsaturated/α-hetero) is 1. The largest absolute Gasteiger partial charge is 0.485 e. The van der Waals surface area contributed by atoms with Gasteiger partial charge in [0.15, 0.2) is 6.61 Å². The van der Waals surface area contributed by atoms with Crippen molar-refractivity contribution in [3.05, 3.63) is 43.0 Å². The van der Waals surface area contributed by atoms with Crippen LogP contribution in [0.3, 0.4) is 0 Å². The quantitative estimate of drug-likeness (QED) is 0.520. The lowest BCUT2D eigenvalue weighted by Gasteiger charge is -2.02. The summed E-state index contributed by atoms with van der Waals surface area (Å²) in [6, 6.07) is 8.84. The van der Waals surface area contributed by atoms with Crippen molar-refractivity contribution in [3.8, 4) is 5.75 Å². The van der Waals surface area contributed by atoms with Crippen LogP contribution in [0.15, 0.2) is 43.0 Å². The average Bonchev–Trinajstić information content (AvgIpc) is 2.26. The molecule has 0 aliphatic heterocycles. The standard InChI is InChI=1S/C11H10O3/c1-2-10(12)11(13)8-14-9-6-4-3-5-7-9/h2-7H,1,8H2. The number of carbonyl (C=O) groups is 2. The van der Waals surface area contributed by atoms with Crippen LogP contribution in [0.4, 0.5) is 0 Å². The third-order valence-electron chi connectivity index (χ3n) is 1.57. The molecule has 0 fully saturated rings. The summed E-state index contributed by atoms with van der Waals surface area (Å²) in [5.74, 6) is -0.650. The monoisotopic (exact) mass is 190 g/mol. The van der Waals surface area contributed by atoms with Gasteiger partial charge in [-0.25, -0.2) is 0 Å². The minimum atomic E-state index is -0.624. The molecule has 1 aromatic carbocycles. The van der Waals surface area contributed by atoms with Crippen molar-refractivity contribution in [1.29, 1.82) is 0 Å². The smallest absolute Gasteiger partial charge is 0.239 e. The zero-order valence-corrected chi connectivity index (χ0v) is 7.60. The molecule has 0 saturated heterocycles. The molecule has 0 saturated carbocycles. The number of benzene rings is 1. The first-order chi connectivity index (χ1) is 6.74. The number of rotatable bonds is 5. The summed E-state index contributed by atoms with van der Waals surface area (Å²) < 4.78 is 5.07. The molecule has 0 bridgehead atoms. The SMILES string of the molecule is C=CC(=O)C(=O)COc1ccccc1. The van der Waals surface area contributed by atoms with E-state index in [0.717, 1.165) is 6.08 Å². The van der Waals surface area contributed by atoms with E-state index in [0.29, 0.717) is 5.75 Å². The predicted octanol–water partition coefficient (Wildman–Crippen LogP) is 1.39. The first kappa shape index (κ1) is 10.2. The number of hydrogen-bond donors (Lipinski definition) is 0. The highest BCUT2D eigenvalue weighted by Crippen LogP contribution is 2.07. The summed E-state index contributed by atoms with van der Waals surface area (Å²) >= 11 is 0. The van der Waals surface area contributed by atoms with E-state index in [4.69, 9.17) is 4.74 Å². The molecule has 0 aromatic heterocycles. The maximum atomic E-state index is 11.0. The van der Waals surface area contributed by atoms with Crippen LogP contribution in [0.1, 0.15) is 0 Å². The van der Waals surface area contributed by atoms with Crippen molar-refractivity contribution in [1.82, 2.24) is 0 Å². The molecule has 3 nitrogen and oxygen atoms in total. The summed E-state index contributed by atoms with van der Waals surface area (Å²) in [5.41, 5.74) is 0. The van der Waals surface area contributed by atoms with Gasteiger partial charge in [-0.2, -0.15) is 0 Å². The van der Waals surface area contributed by atoms with E-state index in [1.54, 1.807) is 24.3 Å². The normalized spacial score (nSPS) is 9.14. The number of allylic oxidation sites excluding steroid dienone is 1. The van der Waals surface area contributed by atoms with Gasteiger partial charge in [0.05, 0.1) is 0 Å². The fourth-order valence-electron chi connectivity index (χ4n) is 0.851. The van der Waals surface area contributed by atoms with Crippen molar-refractivity contribution >= 4 is 11.6 Å². The van der Waals surface area contributed by atoms with Gasteiger partial charge < -0.3 is 4.74 Å². The summed E-state index contributed by atoms with van der Waals surface area (Å²) in [6.07, 6.45) is 0.983. The lowest BCUT2D eigenvalue weighted by atomic mass is 10.3. The van der Waals surface area contributed by atoms with Crippen LogP contribution in [0.2, 0.25) is 0 Å². The minimum Gasteiger partial charge on any atom is -0.485 e. The molecule has 1 aromatic rings. The lowest BCUT2D eigenvalue weighted by molar-refractivity contribution is -0.135. The van der Waals surface area contributed by atoms with Crippen LogP contribution < -0.4 is 4.74 Å². The number of hydrogen-bond acceptors (Lipinski definition) is 3. The molecule has 72 valence electrons. The molecule has 0 unspecified atom stereocenters. The maximum absolute atomic E-state index is 11.0. The summed E-state index contributed by atoms with van der Waals surface area (Å²) in [7, 11) is 0. The van der Waals surface area contributed by atoms with Crippen LogP contribution in [-0.4, -0.2) is 18.2 Å². The highest BCUT2D eigenvalue weighted by atomic mass is 16.5. The minimum absolute atomic E-state index is 0.241. The van der Waals surface area contributed by atoms with Crippen LogP contribution in [0, 0.1) is 0 Å². The summed E-state index contributed by atoms with van der Waals surface area (Å²) in [6.45, 7) is 2.97. The number of ether oxygens (including phenoxy) is 1. The predicted molar refractivity (Wildman–Crippen MR) is 52.1 cm³/mol. The Balaban J connectivity index is 2.46. The fourth-order valence-corrected chi connectivity index (χ4v) is 0.851. The second-order valence-electron chi connectivity index (χ2n) is 2.59. The van der Waals surface area contributed by atoms with Crippen molar-refractivity contribution in [2.75, 3.05) is 6.61 Å². The summed E-state index contributed by atoms with van der Waals surface area (Å²) in [5, 5.41) is 0. The second kappa shape index (κ2) is 4.97. The molecular formula is C11H10O3. The topological polar surface area (TPSA) is 43.4 Å². The molecule has 14 heavy (non-hydrogen) atoms. The molecule has 0 spiro atoms. The molecule has 0 N–H and O–H groups in total. The molecule has 0 heterocycles. The van der Waals surface area contributed by atoms with Crippen LogP contribution in [-0.2, 0) is 9.59 Å². The first-order valence-corrected chi connectivity index (χ1v) is 4.11. The molecule has 3 heteroatoms. The molecule has 0 amide bonds. The van der Waals surface area contributed by atoms with E-state index in [1.807, 2.05) is 6.07 Å². The molecule has 0 radical (unpaired) electrons. The third-order valence-corrected chi connectivity index (χ3v) is 1.57. The molecular weight excluding hydrogens is 180 g/mol. The Kier molecular flexibility index (Phi) is 3.61. The van der Waals surface area contributed by atoms with E-state index < -0.39 is 11.6 Å². The van der Waals surface area contributed by atoms with E-state index in [1.165, 1.54) is 0 Å². The zero-order valence-electron chi connectivity index (χ0n) is 7.60. The van der Waals surface area contributed by atoms with Gasteiger partial charge in [-0.3, -0.25) is 9.59 Å². The Morgan fingerprint density at radius 1 is 1.29 bits per heavy atom. The molecule has 1 rings (SSSR count). The van der Waals surface area contributed by atoms with Gasteiger partial charge in [0.2, 0.25) is 11.6 Å². The van der Waals surface area contributed by atoms with Gasteiger partial charge in [0, 0.05) is 0 Å². The average molecular weight is 190 g/mol. The zero-order chi connectivity index (χ0) is 10.4. The number of ketones is 2. The number of carbonyl (C=O) groups excluding carboxylic acids is 2. The Labute approximate surface area is 82.0 Å². The van der Waals surface area contributed by atoms with Crippen molar-refractivity contribution in [3.63, 3.8) is 0 Å².